The SMILES string of the molecule is CC(C)(C)N(C(=O)O)C(C[N+](=O)[O-])c1ccccc1C(F)(F)F. The van der Waals surface area contributed by atoms with Gasteiger partial charge in [-0.1, -0.05) is 18.2 Å². The Labute approximate surface area is 130 Å². The quantitative estimate of drug-likeness (QED) is 0.670. The predicted molar refractivity (Wildman–Crippen MR) is 75.7 cm³/mol. The maximum absolute atomic E-state index is 13.2. The van der Waals surface area contributed by atoms with E-state index < -0.39 is 46.4 Å². The number of amides is 1. The number of benzene rings is 1. The Bertz CT molecular complexity index is 596. The number of alkyl halides is 3. The largest absolute Gasteiger partial charge is 0.465 e. The van der Waals surface area contributed by atoms with Gasteiger partial charge >= 0.3 is 12.3 Å². The minimum Gasteiger partial charge on any atom is -0.465 e. The van der Waals surface area contributed by atoms with E-state index in [1.165, 1.54) is 26.8 Å². The molecule has 0 aliphatic carbocycles. The molecular weight excluding hydrogens is 317 g/mol. The summed E-state index contributed by atoms with van der Waals surface area (Å²) in [6.07, 6.45) is -6.27. The lowest BCUT2D eigenvalue weighted by molar-refractivity contribution is -0.488. The highest BCUT2D eigenvalue weighted by Gasteiger charge is 2.42. The molecule has 1 rings (SSSR count). The van der Waals surface area contributed by atoms with E-state index >= 15 is 0 Å². The van der Waals surface area contributed by atoms with Crippen LogP contribution in [0.2, 0.25) is 0 Å². The lowest BCUT2D eigenvalue weighted by Gasteiger charge is -2.38. The summed E-state index contributed by atoms with van der Waals surface area (Å²) in [4.78, 5) is 22.3. The first-order chi connectivity index (χ1) is 10.4. The topological polar surface area (TPSA) is 83.7 Å². The van der Waals surface area contributed by atoms with Gasteiger partial charge in [0.2, 0.25) is 6.54 Å². The Morgan fingerprint density at radius 3 is 2.22 bits per heavy atom. The van der Waals surface area contributed by atoms with Crippen LogP contribution in [0.1, 0.15) is 37.9 Å². The van der Waals surface area contributed by atoms with Gasteiger partial charge in [0.15, 0.2) is 0 Å². The minimum absolute atomic E-state index is 0.436. The lowest BCUT2D eigenvalue weighted by atomic mass is 9.94. The first-order valence-corrected chi connectivity index (χ1v) is 6.66. The van der Waals surface area contributed by atoms with Gasteiger partial charge in [0.25, 0.3) is 0 Å². The van der Waals surface area contributed by atoms with Gasteiger partial charge in [-0.3, -0.25) is 15.0 Å². The van der Waals surface area contributed by atoms with Gasteiger partial charge in [-0.2, -0.15) is 13.2 Å². The Balaban J connectivity index is 3.55. The van der Waals surface area contributed by atoms with Crippen LogP contribution in [-0.2, 0) is 6.18 Å². The third-order valence-electron chi connectivity index (χ3n) is 3.19. The number of carboxylic acid groups (broad SMARTS) is 1. The number of hydrogen-bond acceptors (Lipinski definition) is 3. The molecule has 0 aromatic heterocycles. The molecule has 23 heavy (non-hydrogen) atoms. The van der Waals surface area contributed by atoms with E-state index in [1.807, 2.05) is 0 Å². The number of hydrogen-bond donors (Lipinski definition) is 1. The third kappa shape index (κ3) is 4.57. The van der Waals surface area contributed by atoms with Crippen molar-refractivity contribution in [3.63, 3.8) is 0 Å². The minimum atomic E-state index is -4.74. The Morgan fingerprint density at radius 1 is 1.30 bits per heavy atom. The Hall–Kier alpha value is -2.32. The van der Waals surface area contributed by atoms with Crippen LogP contribution in [0, 0.1) is 10.1 Å². The zero-order chi connectivity index (χ0) is 18.0. The van der Waals surface area contributed by atoms with Crippen LogP contribution in [0.4, 0.5) is 18.0 Å². The maximum atomic E-state index is 13.2. The molecule has 0 saturated carbocycles. The molecule has 128 valence electrons. The van der Waals surface area contributed by atoms with Crippen LogP contribution >= 0.6 is 0 Å². The van der Waals surface area contributed by atoms with Crippen molar-refractivity contribution in [3.05, 3.63) is 45.5 Å². The summed E-state index contributed by atoms with van der Waals surface area (Å²) >= 11 is 0. The molecule has 0 aliphatic rings. The molecular formula is C14H17F3N2O4. The predicted octanol–water partition coefficient (Wildman–Crippen LogP) is 3.80. The monoisotopic (exact) mass is 334 g/mol. The van der Waals surface area contributed by atoms with Crippen molar-refractivity contribution in [2.45, 2.75) is 38.5 Å². The molecule has 1 N–H and O–H groups in total. The van der Waals surface area contributed by atoms with E-state index in [0.717, 1.165) is 18.2 Å². The second-order valence-electron chi connectivity index (χ2n) is 5.94. The average Bonchev–Trinajstić information content (AvgIpc) is 2.34. The van der Waals surface area contributed by atoms with Gasteiger partial charge in [-0.15, -0.1) is 0 Å². The highest BCUT2D eigenvalue weighted by Crippen LogP contribution is 2.38. The molecule has 0 radical (unpaired) electrons. The first kappa shape index (κ1) is 18.7. The molecule has 1 unspecified atom stereocenters. The van der Waals surface area contributed by atoms with Crippen molar-refractivity contribution < 1.29 is 28.0 Å². The van der Waals surface area contributed by atoms with Gasteiger partial charge in [-0.05, 0) is 32.4 Å². The van der Waals surface area contributed by atoms with Crippen LogP contribution < -0.4 is 0 Å². The first-order valence-electron chi connectivity index (χ1n) is 6.66. The molecule has 0 bridgehead atoms. The van der Waals surface area contributed by atoms with Crippen LogP contribution in [0.5, 0.6) is 0 Å². The van der Waals surface area contributed by atoms with Crippen LogP contribution in [-0.4, -0.2) is 33.1 Å². The van der Waals surface area contributed by atoms with Crippen LogP contribution in [0.15, 0.2) is 24.3 Å². The zero-order valence-corrected chi connectivity index (χ0v) is 12.8. The van der Waals surface area contributed by atoms with E-state index in [4.69, 9.17) is 0 Å². The number of halogens is 3. The summed E-state index contributed by atoms with van der Waals surface area (Å²) in [5.74, 6) is 0. The molecule has 0 saturated heterocycles. The second-order valence-corrected chi connectivity index (χ2v) is 5.94. The molecule has 0 aliphatic heterocycles. The van der Waals surface area contributed by atoms with Crippen molar-refractivity contribution in [1.29, 1.82) is 0 Å². The standard InChI is InChI=1S/C14H17F3N2O4/c1-13(2,3)19(12(20)21)11(8-18(22)23)9-6-4-5-7-10(9)14(15,16)17/h4-7,11H,8H2,1-3H3,(H,20,21). The van der Waals surface area contributed by atoms with E-state index in [-0.39, 0.29) is 0 Å². The van der Waals surface area contributed by atoms with Crippen molar-refractivity contribution in [3.8, 4) is 0 Å². The van der Waals surface area contributed by atoms with Gasteiger partial charge in [0, 0.05) is 10.5 Å². The number of carbonyl (C=O) groups is 1. The molecule has 1 aromatic carbocycles. The molecule has 9 heteroatoms. The summed E-state index contributed by atoms with van der Waals surface area (Å²) in [5.41, 5.74) is -2.64. The van der Waals surface area contributed by atoms with Crippen molar-refractivity contribution in [1.82, 2.24) is 4.90 Å². The normalized spacial score (nSPS) is 13.5. The molecule has 1 amide bonds. The fraction of sp³-hybridized carbons (Fsp3) is 0.500. The summed E-state index contributed by atoms with van der Waals surface area (Å²) in [5, 5.41) is 20.3. The zero-order valence-electron chi connectivity index (χ0n) is 12.8. The molecule has 0 heterocycles. The molecule has 6 nitrogen and oxygen atoms in total. The average molecular weight is 334 g/mol. The fourth-order valence-corrected chi connectivity index (χ4v) is 2.39. The summed E-state index contributed by atoms with van der Waals surface area (Å²) in [7, 11) is 0. The third-order valence-corrected chi connectivity index (χ3v) is 3.19. The lowest BCUT2D eigenvalue weighted by Crippen LogP contribution is -2.49. The van der Waals surface area contributed by atoms with Crippen LogP contribution in [0.25, 0.3) is 0 Å². The fourth-order valence-electron chi connectivity index (χ4n) is 2.39. The highest BCUT2D eigenvalue weighted by atomic mass is 19.4. The Morgan fingerprint density at radius 2 is 1.83 bits per heavy atom. The maximum Gasteiger partial charge on any atom is 0.416 e. The van der Waals surface area contributed by atoms with Crippen molar-refractivity contribution >= 4 is 6.09 Å². The van der Waals surface area contributed by atoms with Crippen molar-refractivity contribution in [2.75, 3.05) is 6.54 Å². The number of nitro groups is 1. The van der Waals surface area contributed by atoms with E-state index in [1.54, 1.807) is 0 Å². The van der Waals surface area contributed by atoms with Gasteiger partial charge in [0.1, 0.15) is 6.04 Å². The Kier molecular flexibility index (Phi) is 5.24. The van der Waals surface area contributed by atoms with Gasteiger partial charge < -0.3 is 5.11 Å². The summed E-state index contributed by atoms with van der Waals surface area (Å²) in [6.45, 7) is 3.43. The van der Waals surface area contributed by atoms with Gasteiger partial charge in [0.05, 0.1) is 5.56 Å². The van der Waals surface area contributed by atoms with E-state index in [0.29, 0.717) is 4.90 Å². The van der Waals surface area contributed by atoms with Crippen LogP contribution in [0.3, 0.4) is 0 Å². The second kappa shape index (κ2) is 6.43. The van der Waals surface area contributed by atoms with E-state index in [2.05, 4.69) is 0 Å². The summed E-state index contributed by atoms with van der Waals surface area (Å²) < 4.78 is 39.5. The highest BCUT2D eigenvalue weighted by molar-refractivity contribution is 5.67. The number of rotatable bonds is 4. The van der Waals surface area contributed by atoms with Gasteiger partial charge in [-0.25, -0.2) is 4.79 Å². The smallest absolute Gasteiger partial charge is 0.416 e. The van der Waals surface area contributed by atoms with Crippen molar-refractivity contribution in [2.24, 2.45) is 0 Å². The molecule has 1 atom stereocenters. The molecule has 1 aromatic rings. The molecule has 0 fully saturated rings. The number of nitrogens with zero attached hydrogens (tertiary/aromatic N) is 2. The summed E-state index contributed by atoms with van der Waals surface area (Å²) in [6, 6.07) is 2.74. The van der Waals surface area contributed by atoms with E-state index in [9.17, 15) is 33.2 Å². The molecule has 0 spiro atoms.